The fourth-order valence-electron chi connectivity index (χ4n) is 2.64. The molecule has 0 atom stereocenters. The van der Waals surface area contributed by atoms with Gasteiger partial charge in [0.1, 0.15) is 11.6 Å². The van der Waals surface area contributed by atoms with Crippen molar-refractivity contribution in [2.45, 2.75) is 11.8 Å². The fraction of sp³-hybridized carbons (Fsp3) is 0.0952. The molecule has 0 aliphatic carbocycles. The molecule has 0 unspecified atom stereocenters. The summed E-state index contributed by atoms with van der Waals surface area (Å²) in [6.45, 7) is 1.67. The van der Waals surface area contributed by atoms with E-state index in [1.165, 1.54) is 55.6 Å². The lowest BCUT2D eigenvalue weighted by Crippen LogP contribution is -2.15. The quantitative estimate of drug-likeness (QED) is 0.633. The van der Waals surface area contributed by atoms with Crippen LogP contribution in [0.15, 0.2) is 71.6 Å². The van der Waals surface area contributed by atoms with Crippen molar-refractivity contribution in [1.82, 2.24) is 0 Å². The Kier molecular flexibility index (Phi) is 5.84. The number of aryl methyl sites for hydroxylation is 1. The summed E-state index contributed by atoms with van der Waals surface area (Å²) in [5.41, 5.74) is 1.23. The highest BCUT2D eigenvalue weighted by atomic mass is 32.2. The van der Waals surface area contributed by atoms with Crippen LogP contribution in [-0.4, -0.2) is 21.4 Å². The maximum Gasteiger partial charge on any atom is 0.261 e. The van der Waals surface area contributed by atoms with E-state index in [1.807, 2.05) is 0 Å². The van der Waals surface area contributed by atoms with Crippen molar-refractivity contribution in [2.24, 2.45) is 0 Å². The monoisotopic (exact) mass is 414 g/mol. The summed E-state index contributed by atoms with van der Waals surface area (Å²) < 4.78 is 46.4. The number of ether oxygens (including phenoxy) is 1. The van der Waals surface area contributed by atoms with E-state index in [9.17, 15) is 17.6 Å². The Morgan fingerprint density at radius 1 is 0.966 bits per heavy atom. The Morgan fingerprint density at radius 3 is 2.28 bits per heavy atom. The SMILES string of the molecule is COc1ccc(S(=O)(=O)Nc2ccc(C(=O)Nc3ccccc3F)cc2C)cc1. The summed E-state index contributed by atoms with van der Waals surface area (Å²) in [5.74, 6) is -0.491. The Bertz CT molecular complexity index is 1150. The zero-order valence-corrected chi connectivity index (χ0v) is 16.6. The van der Waals surface area contributed by atoms with Crippen LogP contribution in [0.5, 0.6) is 5.75 Å². The van der Waals surface area contributed by atoms with E-state index in [0.717, 1.165) is 0 Å². The van der Waals surface area contributed by atoms with Gasteiger partial charge in [0.15, 0.2) is 0 Å². The highest BCUT2D eigenvalue weighted by Crippen LogP contribution is 2.23. The van der Waals surface area contributed by atoms with Gasteiger partial charge in [0, 0.05) is 5.56 Å². The van der Waals surface area contributed by atoms with Crippen molar-refractivity contribution in [2.75, 3.05) is 17.1 Å². The third-order valence-corrected chi connectivity index (χ3v) is 5.61. The second-order valence-electron chi connectivity index (χ2n) is 6.24. The molecule has 0 aromatic heterocycles. The molecule has 0 bridgehead atoms. The highest BCUT2D eigenvalue weighted by molar-refractivity contribution is 7.92. The number of hydrogen-bond acceptors (Lipinski definition) is 4. The molecule has 150 valence electrons. The zero-order valence-electron chi connectivity index (χ0n) is 15.8. The average Bonchev–Trinajstić information content (AvgIpc) is 2.71. The van der Waals surface area contributed by atoms with Gasteiger partial charge in [0.2, 0.25) is 0 Å². The lowest BCUT2D eigenvalue weighted by molar-refractivity contribution is 0.102. The molecule has 3 aromatic carbocycles. The summed E-state index contributed by atoms with van der Waals surface area (Å²) in [6.07, 6.45) is 0. The lowest BCUT2D eigenvalue weighted by Gasteiger charge is -2.13. The van der Waals surface area contributed by atoms with Crippen LogP contribution < -0.4 is 14.8 Å². The van der Waals surface area contributed by atoms with Crippen molar-refractivity contribution >= 4 is 27.3 Å². The maximum absolute atomic E-state index is 13.7. The molecule has 0 aliphatic heterocycles. The molecule has 2 N–H and O–H groups in total. The maximum atomic E-state index is 13.7. The van der Waals surface area contributed by atoms with E-state index in [2.05, 4.69) is 10.0 Å². The van der Waals surface area contributed by atoms with Gasteiger partial charge in [-0.1, -0.05) is 12.1 Å². The Morgan fingerprint density at radius 2 is 1.66 bits per heavy atom. The molecule has 0 fully saturated rings. The van der Waals surface area contributed by atoms with Gasteiger partial charge in [-0.3, -0.25) is 9.52 Å². The van der Waals surface area contributed by atoms with Crippen molar-refractivity contribution in [3.05, 3.63) is 83.7 Å². The number of methoxy groups -OCH3 is 1. The van der Waals surface area contributed by atoms with Gasteiger partial charge < -0.3 is 10.1 Å². The minimum Gasteiger partial charge on any atom is -0.497 e. The van der Waals surface area contributed by atoms with Gasteiger partial charge in [0.25, 0.3) is 15.9 Å². The minimum atomic E-state index is -3.80. The van der Waals surface area contributed by atoms with Crippen molar-refractivity contribution in [1.29, 1.82) is 0 Å². The minimum absolute atomic E-state index is 0.0689. The normalized spacial score (nSPS) is 11.0. The summed E-state index contributed by atoms with van der Waals surface area (Å²) in [5, 5.41) is 2.49. The number of carbonyl (C=O) groups excluding carboxylic acids is 1. The van der Waals surface area contributed by atoms with Crippen LogP contribution in [0.4, 0.5) is 15.8 Å². The van der Waals surface area contributed by atoms with Gasteiger partial charge in [-0.15, -0.1) is 0 Å². The van der Waals surface area contributed by atoms with E-state index in [1.54, 1.807) is 25.1 Å². The fourth-order valence-corrected chi connectivity index (χ4v) is 3.77. The topological polar surface area (TPSA) is 84.5 Å². The first-order valence-electron chi connectivity index (χ1n) is 8.63. The van der Waals surface area contributed by atoms with Gasteiger partial charge in [0.05, 0.1) is 23.4 Å². The lowest BCUT2D eigenvalue weighted by atomic mass is 10.1. The van der Waals surface area contributed by atoms with Crippen molar-refractivity contribution in [3.63, 3.8) is 0 Å². The molecule has 0 saturated heterocycles. The number of nitrogens with one attached hydrogen (secondary N) is 2. The van der Waals surface area contributed by atoms with Gasteiger partial charge in [-0.2, -0.15) is 0 Å². The Labute approximate surface area is 168 Å². The molecule has 0 aliphatic rings. The van der Waals surface area contributed by atoms with Crippen LogP contribution in [0.3, 0.4) is 0 Å². The predicted molar refractivity (Wildman–Crippen MR) is 109 cm³/mol. The molecule has 0 saturated carbocycles. The second kappa shape index (κ2) is 8.32. The molecule has 0 heterocycles. The Balaban J connectivity index is 1.78. The van der Waals surface area contributed by atoms with Crippen LogP contribution in [0, 0.1) is 12.7 Å². The van der Waals surface area contributed by atoms with Gasteiger partial charge in [-0.05, 0) is 67.1 Å². The van der Waals surface area contributed by atoms with E-state index in [-0.39, 0.29) is 16.1 Å². The number of anilines is 2. The molecular formula is C21H19FN2O4S. The number of amides is 1. The van der Waals surface area contributed by atoms with Crippen LogP contribution in [0.1, 0.15) is 15.9 Å². The number of sulfonamides is 1. The van der Waals surface area contributed by atoms with E-state index >= 15 is 0 Å². The van der Waals surface area contributed by atoms with Crippen LogP contribution in [0.25, 0.3) is 0 Å². The van der Waals surface area contributed by atoms with Crippen LogP contribution >= 0.6 is 0 Å². The summed E-state index contributed by atoms with van der Waals surface area (Å²) >= 11 is 0. The highest BCUT2D eigenvalue weighted by Gasteiger charge is 2.17. The van der Waals surface area contributed by atoms with Crippen molar-refractivity contribution in [3.8, 4) is 5.75 Å². The third-order valence-electron chi connectivity index (χ3n) is 4.22. The zero-order chi connectivity index (χ0) is 21.0. The third kappa shape index (κ3) is 4.72. The molecule has 0 radical (unpaired) electrons. The van der Waals surface area contributed by atoms with E-state index in [0.29, 0.717) is 17.0 Å². The molecule has 0 spiro atoms. The van der Waals surface area contributed by atoms with Crippen LogP contribution in [0.2, 0.25) is 0 Å². The van der Waals surface area contributed by atoms with Crippen molar-refractivity contribution < 1.29 is 22.3 Å². The van der Waals surface area contributed by atoms with Gasteiger partial charge in [-0.25, -0.2) is 12.8 Å². The smallest absolute Gasteiger partial charge is 0.261 e. The molecule has 3 rings (SSSR count). The largest absolute Gasteiger partial charge is 0.497 e. The number of carbonyl (C=O) groups is 1. The number of rotatable bonds is 6. The van der Waals surface area contributed by atoms with E-state index in [4.69, 9.17) is 4.74 Å². The summed E-state index contributed by atoms with van der Waals surface area (Å²) in [4.78, 5) is 12.5. The first-order valence-corrected chi connectivity index (χ1v) is 10.1. The number of halogens is 1. The standard InChI is InChI=1S/C21H19FN2O4S/c1-14-13-15(21(25)23-20-6-4-3-5-18(20)22)7-12-19(14)24-29(26,27)17-10-8-16(28-2)9-11-17/h3-13,24H,1-2H3,(H,23,25). The predicted octanol–water partition coefficient (Wildman–Crippen LogP) is 4.20. The molecule has 29 heavy (non-hydrogen) atoms. The first kappa shape index (κ1) is 20.3. The molecule has 1 amide bonds. The summed E-state index contributed by atoms with van der Waals surface area (Å²) in [7, 11) is -2.31. The molecule has 8 heteroatoms. The van der Waals surface area contributed by atoms with Gasteiger partial charge >= 0.3 is 0 Å². The molecular weight excluding hydrogens is 395 g/mol. The second-order valence-corrected chi connectivity index (χ2v) is 7.93. The number of para-hydroxylation sites is 1. The van der Waals surface area contributed by atoms with E-state index < -0.39 is 21.7 Å². The first-order chi connectivity index (χ1) is 13.8. The Hall–Kier alpha value is -3.39. The molecule has 3 aromatic rings. The molecule has 6 nitrogen and oxygen atoms in total. The van der Waals surface area contributed by atoms with Crippen LogP contribution in [-0.2, 0) is 10.0 Å². The summed E-state index contributed by atoms with van der Waals surface area (Å²) in [6, 6.07) is 16.3. The number of hydrogen-bond donors (Lipinski definition) is 2. The number of benzene rings is 3. The average molecular weight is 414 g/mol.